The van der Waals surface area contributed by atoms with Crippen molar-refractivity contribution < 1.29 is 12.8 Å². The summed E-state index contributed by atoms with van der Waals surface area (Å²) in [6.07, 6.45) is 0. The highest BCUT2D eigenvalue weighted by Crippen LogP contribution is 2.27. The molecule has 0 unspecified atom stereocenters. The SMILES string of the molecule is Cc1nn2c(S(=O)(=O)Nc3cc(F)ccc3Cl)c(C)nc2s1. The van der Waals surface area contributed by atoms with Gasteiger partial charge in [0.15, 0.2) is 0 Å². The molecule has 0 fully saturated rings. The van der Waals surface area contributed by atoms with Crippen LogP contribution in [0.1, 0.15) is 10.7 Å². The minimum absolute atomic E-state index is 0.0389. The molecule has 10 heteroatoms. The lowest BCUT2D eigenvalue weighted by molar-refractivity contribution is 0.592. The molecule has 0 aliphatic carbocycles. The zero-order valence-corrected chi connectivity index (χ0v) is 13.9. The first-order valence-electron chi connectivity index (χ1n) is 6.08. The number of aryl methyl sites for hydroxylation is 2. The molecule has 0 atom stereocenters. The molecule has 0 saturated carbocycles. The maximum Gasteiger partial charge on any atom is 0.281 e. The van der Waals surface area contributed by atoms with E-state index in [-0.39, 0.29) is 15.7 Å². The molecule has 2 heterocycles. The second-order valence-electron chi connectivity index (χ2n) is 4.55. The first kappa shape index (κ1) is 15.2. The lowest BCUT2D eigenvalue weighted by atomic mass is 10.3. The number of benzene rings is 1. The fraction of sp³-hybridized carbons (Fsp3) is 0.167. The molecule has 6 nitrogen and oxygen atoms in total. The number of imidazole rings is 1. The van der Waals surface area contributed by atoms with Crippen LogP contribution >= 0.6 is 22.9 Å². The normalized spacial score (nSPS) is 12.0. The summed E-state index contributed by atoms with van der Waals surface area (Å²) < 4.78 is 42.0. The third kappa shape index (κ3) is 2.55. The van der Waals surface area contributed by atoms with Gasteiger partial charge in [0.25, 0.3) is 10.0 Å². The Kier molecular flexibility index (Phi) is 3.58. The minimum Gasteiger partial charge on any atom is -0.277 e. The molecule has 22 heavy (non-hydrogen) atoms. The van der Waals surface area contributed by atoms with Crippen LogP contribution in [0.4, 0.5) is 10.1 Å². The molecule has 0 saturated heterocycles. The van der Waals surface area contributed by atoms with Crippen molar-refractivity contribution in [1.82, 2.24) is 14.6 Å². The highest BCUT2D eigenvalue weighted by molar-refractivity contribution is 7.92. The minimum atomic E-state index is -4.01. The van der Waals surface area contributed by atoms with E-state index in [1.165, 1.54) is 21.9 Å². The summed E-state index contributed by atoms with van der Waals surface area (Å²) in [4.78, 5) is 4.65. The molecule has 0 radical (unpaired) electrons. The fourth-order valence-electron chi connectivity index (χ4n) is 2.00. The molecule has 0 bridgehead atoms. The van der Waals surface area contributed by atoms with E-state index < -0.39 is 15.8 Å². The fourth-order valence-corrected chi connectivity index (χ4v) is 4.41. The monoisotopic (exact) mass is 360 g/mol. The Labute approximate surface area is 134 Å². The Hall–Kier alpha value is -1.71. The molecule has 0 aliphatic heterocycles. The highest BCUT2D eigenvalue weighted by Gasteiger charge is 2.26. The maximum atomic E-state index is 13.3. The van der Waals surface area contributed by atoms with Crippen LogP contribution in [0.5, 0.6) is 0 Å². The van der Waals surface area contributed by atoms with Gasteiger partial charge in [0.2, 0.25) is 9.99 Å². The molecule has 1 N–H and O–H groups in total. The summed E-state index contributed by atoms with van der Waals surface area (Å²) >= 11 is 7.17. The number of hydrogen-bond donors (Lipinski definition) is 1. The van der Waals surface area contributed by atoms with Gasteiger partial charge in [0.05, 0.1) is 16.4 Å². The standard InChI is InChI=1S/C12H10ClFN4O2S2/c1-6-11(18-12(15-6)21-7(2)16-18)22(19,20)17-10-5-8(14)3-4-9(10)13/h3-5,17H,1-2H3. The number of nitrogens with one attached hydrogen (secondary N) is 1. The Morgan fingerprint density at radius 2 is 2.09 bits per heavy atom. The van der Waals surface area contributed by atoms with E-state index in [0.717, 1.165) is 12.1 Å². The van der Waals surface area contributed by atoms with Crippen molar-refractivity contribution in [1.29, 1.82) is 0 Å². The molecule has 3 aromatic rings. The van der Waals surface area contributed by atoms with Crippen LogP contribution in [0.25, 0.3) is 4.96 Å². The quantitative estimate of drug-likeness (QED) is 0.779. The van der Waals surface area contributed by atoms with E-state index in [9.17, 15) is 12.8 Å². The Morgan fingerprint density at radius 1 is 1.36 bits per heavy atom. The van der Waals surface area contributed by atoms with E-state index in [1.807, 2.05) is 0 Å². The van der Waals surface area contributed by atoms with Crippen molar-refractivity contribution in [2.24, 2.45) is 0 Å². The number of nitrogens with zero attached hydrogens (tertiary/aromatic N) is 3. The predicted octanol–water partition coefficient (Wildman–Crippen LogP) is 3.00. The first-order chi connectivity index (χ1) is 10.3. The summed E-state index contributed by atoms with van der Waals surface area (Å²) in [7, 11) is -4.01. The largest absolute Gasteiger partial charge is 0.281 e. The van der Waals surface area contributed by atoms with E-state index >= 15 is 0 Å². The molecule has 3 rings (SSSR count). The van der Waals surface area contributed by atoms with E-state index in [1.54, 1.807) is 13.8 Å². The van der Waals surface area contributed by atoms with Crippen LogP contribution in [0.3, 0.4) is 0 Å². The summed E-state index contributed by atoms with van der Waals surface area (Å²) in [5, 5.41) is 4.82. The average molecular weight is 361 g/mol. The number of sulfonamides is 1. The van der Waals surface area contributed by atoms with Crippen LogP contribution in [-0.2, 0) is 10.0 Å². The Morgan fingerprint density at radius 3 is 2.82 bits per heavy atom. The Balaban J connectivity index is 2.12. The zero-order valence-electron chi connectivity index (χ0n) is 11.5. The molecule has 0 amide bonds. The lowest BCUT2D eigenvalue weighted by Crippen LogP contribution is -2.17. The van der Waals surface area contributed by atoms with E-state index in [4.69, 9.17) is 11.6 Å². The predicted molar refractivity (Wildman–Crippen MR) is 82.6 cm³/mol. The van der Waals surface area contributed by atoms with Crippen LogP contribution in [0.2, 0.25) is 5.02 Å². The molecule has 116 valence electrons. The van der Waals surface area contributed by atoms with Crippen molar-refractivity contribution in [3.05, 3.63) is 39.7 Å². The second kappa shape index (κ2) is 5.18. The molecular weight excluding hydrogens is 351 g/mol. The summed E-state index contributed by atoms with van der Waals surface area (Å²) in [6.45, 7) is 3.32. The number of hydrogen-bond acceptors (Lipinski definition) is 5. The van der Waals surface area contributed by atoms with Crippen LogP contribution in [0, 0.1) is 19.7 Å². The van der Waals surface area contributed by atoms with Crippen LogP contribution in [0.15, 0.2) is 23.2 Å². The van der Waals surface area contributed by atoms with Crippen molar-refractivity contribution in [3.8, 4) is 0 Å². The summed E-state index contributed by atoms with van der Waals surface area (Å²) in [6, 6.07) is 3.44. The third-order valence-corrected chi connectivity index (χ3v) is 5.47. The summed E-state index contributed by atoms with van der Waals surface area (Å²) in [5.41, 5.74) is 0.266. The highest BCUT2D eigenvalue weighted by atomic mass is 35.5. The van der Waals surface area contributed by atoms with Crippen molar-refractivity contribution in [2.45, 2.75) is 18.9 Å². The van der Waals surface area contributed by atoms with Gasteiger partial charge < -0.3 is 0 Å². The number of anilines is 1. The van der Waals surface area contributed by atoms with Crippen molar-refractivity contribution >= 4 is 43.6 Å². The van der Waals surface area contributed by atoms with Gasteiger partial charge in [-0.25, -0.2) is 9.37 Å². The van der Waals surface area contributed by atoms with Gasteiger partial charge in [-0.1, -0.05) is 22.9 Å². The number of halogens is 2. The van der Waals surface area contributed by atoms with Gasteiger partial charge in [-0.05, 0) is 32.0 Å². The number of aromatic nitrogens is 3. The molecular formula is C12H10ClFN4O2S2. The zero-order chi connectivity index (χ0) is 16.1. The molecule has 2 aromatic heterocycles. The topological polar surface area (TPSA) is 76.4 Å². The number of fused-ring (bicyclic) bond motifs is 1. The summed E-state index contributed by atoms with van der Waals surface area (Å²) in [5.74, 6) is -0.596. The van der Waals surface area contributed by atoms with Crippen molar-refractivity contribution in [3.63, 3.8) is 0 Å². The van der Waals surface area contributed by atoms with E-state index in [2.05, 4.69) is 14.8 Å². The smallest absolute Gasteiger partial charge is 0.277 e. The van der Waals surface area contributed by atoms with Gasteiger partial charge in [-0.15, -0.1) is 0 Å². The van der Waals surface area contributed by atoms with Gasteiger partial charge in [-0.3, -0.25) is 4.72 Å². The second-order valence-corrected chi connectivity index (χ2v) is 7.71. The van der Waals surface area contributed by atoms with E-state index in [0.29, 0.717) is 15.7 Å². The van der Waals surface area contributed by atoms with Crippen LogP contribution in [-0.4, -0.2) is 23.0 Å². The number of rotatable bonds is 3. The first-order valence-corrected chi connectivity index (χ1v) is 8.76. The van der Waals surface area contributed by atoms with Gasteiger partial charge in [0.1, 0.15) is 10.8 Å². The van der Waals surface area contributed by atoms with Crippen molar-refractivity contribution in [2.75, 3.05) is 4.72 Å². The molecule has 1 aromatic carbocycles. The van der Waals surface area contributed by atoms with Gasteiger partial charge >= 0.3 is 0 Å². The lowest BCUT2D eigenvalue weighted by Gasteiger charge is -2.09. The average Bonchev–Trinajstić information content (AvgIpc) is 2.87. The maximum absolute atomic E-state index is 13.3. The molecule has 0 aliphatic rings. The van der Waals surface area contributed by atoms with Gasteiger partial charge in [0, 0.05) is 0 Å². The third-order valence-electron chi connectivity index (χ3n) is 2.85. The Bertz CT molecular complexity index is 981. The van der Waals surface area contributed by atoms with Crippen LogP contribution < -0.4 is 4.72 Å². The molecule has 0 spiro atoms. The van der Waals surface area contributed by atoms with Gasteiger partial charge in [-0.2, -0.15) is 18.0 Å².